The molecular formula is C10H12BrNO. The number of Topliss-reactive ketones (excluding diaryl/α,β-unsaturated/α-hetero) is 1. The van der Waals surface area contributed by atoms with Gasteiger partial charge in [-0.1, -0.05) is 40.2 Å². The minimum Gasteiger partial charge on any atom is -0.321 e. The van der Waals surface area contributed by atoms with Gasteiger partial charge in [-0.15, -0.1) is 0 Å². The summed E-state index contributed by atoms with van der Waals surface area (Å²) in [5, 5.41) is 0.805. The Balaban J connectivity index is 2.86. The van der Waals surface area contributed by atoms with Gasteiger partial charge in [0.2, 0.25) is 0 Å². The number of hydrogen-bond acceptors (Lipinski definition) is 2. The second-order valence-corrected chi connectivity index (χ2v) is 3.54. The Kier molecular flexibility index (Phi) is 3.63. The van der Waals surface area contributed by atoms with E-state index in [2.05, 4.69) is 15.9 Å². The molecule has 0 fully saturated rings. The SMILES string of the molecule is C[C@H](N)C(=O)c1ccc(CBr)cc1. The quantitative estimate of drug-likeness (QED) is 0.651. The molecule has 0 saturated carbocycles. The third kappa shape index (κ3) is 2.64. The van der Waals surface area contributed by atoms with Crippen molar-refractivity contribution in [2.24, 2.45) is 5.73 Å². The lowest BCUT2D eigenvalue weighted by Gasteiger charge is -2.04. The van der Waals surface area contributed by atoms with Crippen LogP contribution in [0.15, 0.2) is 24.3 Å². The predicted molar refractivity (Wildman–Crippen MR) is 57.1 cm³/mol. The first kappa shape index (κ1) is 10.4. The number of carbonyl (C=O) groups is 1. The number of rotatable bonds is 3. The molecule has 2 N–H and O–H groups in total. The van der Waals surface area contributed by atoms with Gasteiger partial charge in [-0.25, -0.2) is 0 Å². The Morgan fingerprint density at radius 1 is 1.46 bits per heavy atom. The molecule has 13 heavy (non-hydrogen) atoms. The van der Waals surface area contributed by atoms with Crippen LogP contribution in [-0.4, -0.2) is 11.8 Å². The van der Waals surface area contributed by atoms with E-state index < -0.39 is 6.04 Å². The summed E-state index contributed by atoms with van der Waals surface area (Å²) in [6, 6.07) is 7.04. The summed E-state index contributed by atoms with van der Waals surface area (Å²) in [5.74, 6) is -0.0128. The number of alkyl halides is 1. The molecule has 1 aromatic carbocycles. The molecule has 0 aliphatic rings. The molecule has 0 aromatic heterocycles. The largest absolute Gasteiger partial charge is 0.321 e. The normalized spacial score (nSPS) is 12.5. The molecule has 3 heteroatoms. The maximum Gasteiger partial charge on any atom is 0.179 e. The highest BCUT2D eigenvalue weighted by Gasteiger charge is 2.09. The molecule has 0 unspecified atom stereocenters. The number of halogens is 1. The summed E-state index contributed by atoms with van der Waals surface area (Å²) in [6.07, 6.45) is 0. The average Bonchev–Trinajstić information content (AvgIpc) is 2.17. The lowest BCUT2D eigenvalue weighted by Crippen LogP contribution is -2.26. The molecule has 0 aliphatic carbocycles. The van der Waals surface area contributed by atoms with Crippen molar-refractivity contribution in [3.8, 4) is 0 Å². The Morgan fingerprint density at radius 3 is 2.38 bits per heavy atom. The molecule has 1 rings (SSSR count). The number of hydrogen-bond donors (Lipinski definition) is 1. The summed E-state index contributed by atoms with van der Waals surface area (Å²) in [5.41, 5.74) is 7.31. The summed E-state index contributed by atoms with van der Waals surface area (Å²) >= 11 is 3.34. The standard InChI is InChI=1S/C10H12BrNO/c1-7(12)10(13)9-4-2-8(6-11)3-5-9/h2-5,7H,6,12H2,1H3/t7-/m0/s1. The second-order valence-electron chi connectivity index (χ2n) is 2.98. The van der Waals surface area contributed by atoms with Gasteiger partial charge in [0.1, 0.15) is 0 Å². The number of benzene rings is 1. The van der Waals surface area contributed by atoms with Gasteiger partial charge in [0.05, 0.1) is 6.04 Å². The van der Waals surface area contributed by atoms with E-state index in [0.29, 0.717) is 5.56 Å². The number of ketones is 1. The van der Waals surface area contributed by atoms with Gasteiger partial charge in [0, 0.05) is 10.9 Å². The van der Waals surface area contributed by atoms with Crippen LogP contribution in [0.1, 0.15) is 22.8 Å². The zero-order chi connectivity index (χ0) is 9.84. The Hall–Kier alpha value is -0.670. The maximum atomic E-state index is 11.4. The molecule has 1 atom stereocenters. The van der Waals surface area contributed by atoms with Crippen LogP contribution in [0.2, 0.25) is 0 Å². The fourth-order valence-corrected chi connectivity index (χ4v) is 1.39. The van der Waals surface area contributed by atoms with Crippen LogP contribution >= 0.6 is 15.9 Å². The average molecular weight is 242 g/mol. The van der Waals surface area contributed by atoms with Crippen LogP contribution in [0.4, 0.5) is 0 Å². The van der Waals surface area contributed by atoms with Crippen molar-refractivity contribution in [2.75, 3.05) is 0 Å². The van der Waals surface area contributed by atoms with Gasteiger partial charge in [-0.05, 0) is 12.5 Å². The third-order valence-corrected chi connectivity index (χ3v) is 2.45. The molecule has 1 aromatic rings. The van der Waals surface area contributed by atoms with Crippen LogP contribution < -0.4 is 5.73 Å². The first-order valence-corrected chi connectivity index (χ1v) is 5.22. The Morgan fingerprint density at radius 2 is 2.00 bits per heavy atom. The van der Waals surface area contributed by atoms with E-state index >= 15 is 0 Å². The molecule has 2 nitrogen and oxygen atoms in total. The molecular weight excluding hydrogens is 230 g/mol. The van der Waals surface area contributed by atoms with Crippen molar-refractivity contribution < 1.29 is 4.79 Å². The molecule has 0 spiro atoms. The van der Waals surface area contributed by atoms with Gasteiger partial charge < -0.3 is 5.73 Å². The van der Waals surface area contributed by atoms with Crippen LogP contribution in [0.5, 0.6) is 0 Å². The zero-order valence-electron chi connectivity index (χ0n) is 7.46. The van der Waals surface area contributed by atoms with Crippen LogP contribution in [0, 0.1) is 0 Å². The van der Waals surface area contributed by atoms with Gasteiger partial charge in [-0.3, -0.25) is 4.79 Å². The first-order chi connectivity index (χ1) is 6.15. The van der Waals surface area contributed by atoms with Crippen LogP contribution in [0.25, 0.3) is 0 Å². The van der Waals surface area contributed by atoms with E-state index in [4.69, 9.17) is 5.73 Å². The van der Waals surface area contributed by atoms with Crippen molar-refractivity contribution in [3.63, 3.8) is 0 Å². The van der Waals surface area contributed by atoms with Crippen molar-refractivity contribution in [3.05, 3.63) is 35.4 Å². The summed E-state index contributed by atoms with van der Waals surface area (Å²) in [7, 11) is 0. The van der Waals surface area contributed by atoms with E-state index in [1.54, 1.807) is 6.92 Å². The van der Waals surface area contributed by atoms with Crippen LogP contribution in [0.3, 0.4) is 0 Å². The van der Waals surface area contributed by atoms with Crippen molar-refractivity contribution >= 4 is 21.7 Å². The first-order valence-electron chi connectivity index (χ1n) is 4.10. The van der Waals surface area contributed by atoms with Gasteiger partial charge >= 0.3 is 0 Å². The van der Waals surface area contributed by atoms with E-state index in [9.17, 15) is 4.79 Å². The van der Waals surface area contributed by atoms with E-state index in [1.165, 1.54) is 0 Å². The summed E-state index contributed by atoms with van der Waals surface area (Å²) in [4.78, 5) is 11.4. The van der Waals surface area contributed by atoms with Gasteiger partial charge in [-0.2, -0.15) is 0 Å². The van der Waals surface area contributed by atoms with Gasteiger partial charge in [0.25, 0.3) is 0 Å². The Bertz CT molecular complexity index is 292. The molecule has 70 valence electrons. The topological polar surface area (TPSA) is 43.1 Å². The third-order valence-electron chi connectivity index (χ3n) is 1.81. The minimum atomic E-state index is -0.421. The molecule has 0 saturated heterocycles. The Labute approximate surface area is 86.3 Å². The highest BCUT2D eigenvalue weighted by atomic mass is 79.9. The smallest absolute Gasteiger partial charge is 0.179 e. The molecule has 0 bridgehead atoms. The maximum absolute atomic E-state index is 11.4. The molecule has 0 aliphatic heterocycles. The van der Waals surface area contributed by atoms with Gasteiger partial charge in [0.15, 0.2) is 5.78 Å². The van der Waals surface area contributed by atoms with E-state index in [-0.39, 0.29) is 5.78 Å². The number of carbonyl (C=O) groups excluding carboxylic acids is 1. The van der Waals surface area contributed by atoms with E-state index in [1.807, 2.05) is 24.3 Å². The van der Waals surface area contributed by atoms with Crippen molar-refractivity contribution in [2.45, 2.75) is 18.3 Å². The molecule has 0 radical (unpaired) electrons. The van der Waals surface area contributed by atoms with E-state index in [0.717, 1.165) is 10.9 Å². The van der Waals surface area contributed by atoms with Crippen molar-refractivity contribution in [1.29, 1.82) is 0 Å². The highest BCUT2D eigenvalue weighted by Crippen LogP contribution is 2.09. The predicted octanol–water partition coefficient (Wildman–Crippen LogP) is 2.11. The monoisotopic (exact) mass is 241 g/mol. The fraction of sp³-hybridized carbons (Fsp3) is 0.300. The highest BCUT2D eigenvalue weighted by molar-refractivity contribution is 9.08. The number of nitrogens with two attached hydrogens (primary N) is 1. The fourth-order valence-electron chi connectivity index (χ4n) is 1.02. The second kappa shape index (κ2) is 4.53. The summed E-state index contributed by atoms with van der Waals surface area (Å²) in [6.45, 7) is 1.70. The van der Waals surface area contributed by atoms with Crippen molar-refractivity contribution in [1.82, 2.24) is 0 Å². The lowest BCUT2D eigenvalue weighted by molar-refractivity contribution is 0.0968. The lowest BCUT2D eigenvalue weighted by atomic mass is 10.0. The minimum absolute atomic E-state index is 0.0128. The van der Waals surface area contributed by atoms with Crippen LogP contribution in [-0.2, 0) is 5.33 Å². The zero-order valence-corrected chi connectivity index (χ0v) is 9.04. The molecule has 0 heterocycles. The molecule has 0 amide bonds. The summed E-state index contributed by atoms with van der Waals surface area (Å²) < 4.78 is 0.